The molecule has 1 heterocycles. The van der Waals surface area contributed by atoms with Gasteiger partial charge in [0.25, 0.3) is 0 Å². The Hall–Kier alpha value is -1.22. The van der Waals surface area contributed by atoms with Crippen LogP contribution >= 0.6 is 0 Å². The van der Waals surface area contributed by atoms with Crippen LogP contribution in [0.4, 0.5) is 0 Å². The number of amides is 3. The zero-order chi connectivity index (χ0) is 18.0. The number of allylic oxidation sites excluding steroid dienone is 2. The Bertz CT molecular complexity index is 487. The first kappa shape index (κ1) is 25.0. The van der Waals surface area contributed by atoms with Gasteiger partial charge in [0.15, 0.2) is 0 Å². The van der Waals surface area contributed by atoms with E-state index in [1.165, 1.54) is 0 Å². The summed E-state index contributed by atoms with van der Waals surface area (Å²) in [4.78, 5) is 34.6. The van der Waals surface area contributed by atoms with E-state index in [0.717, 1.165) is 0 Å². The maximum atomic E-state index is 12.0. The number of imide groups is 1. The van der Waals surface area contributed by atoms with E-state index in [1.807, 2.05) is 46.8 Å². The van der Waals surface area contributed by atoms with Crippen LogP contribution < -0.4 is 10.6 Å². The molecule has 5 nitrogen and oxygen atoms in total. The number of hydrogen-bond donors (Lipinski definition) is 2. The van der Waals surface area contributed by atoms with Crippen LogP contribution in [0.15, 0.2) is 17.7 Å². The van der Waals surface area contributed by atoms with Crippen LogP contribution in [0.25, 0.3) is 0 Å². The van der Waals surface area contributed by atoms with Gasteiger partial charge in [0.05, 0.1) is 6.04 Å². The minimum Gasteiger partial charge on any atom is -0.394 e. The number of carbonyl (C=O) groups is 3. The molecule has 3 amide bonds. The summed E-state index contributed by atoms with van der Waals surface area (Å²) in [6.45, 7) is 12.1. The molecule has 0 aromatic carbocycles. The van der Waals surface area contributed by atoms with Crippen molar-refractivity contribution < 1.29 is 35.4 Å². The molecular weight excluding hydrogens is 476 g/mol. The van der Waals surface area contributed by atoms with Gasteiger partial charge in [0.1, 0.15) is 5.91 Å². The van der Waals surface area contributed by atoms with Gasteiger partial charge in [-0.05, 0) is 12.3 Å². The third-order valence-electron chi connectivity index (χ3n) is 3.55. The predicted octanol–water partition coefficient (Wildman–Crippen LogP) is 2.53. The minimum absolute atomic E-state index is 0. The maximum Gasteiger partial charge on any atom is 0.248 e. The van der Waals surface area contributed by atoms with E-state index < -0.39 is 11.9 Å². The summed E-state index contributed by atoms with van der Waals surface area (Å²) in [5.74, 6) is -0.423. The van der Waals surface area contributed by atoms with E-state index in [2.05, 4.69) is 23.6 Å². The van der Waals surface area contributed by atoms with Crippen molar-refractivity contribution in [1.29, 1.82) is 0 Å². The maximum absolute atomic E-state index is 12.0. The molecule has 0 saturated carbocycles. The quantitative estimate of drug-likeness (QED) is 0.448. The molecule has 0 aromatic heterocycles. The molecule has 3 atom stereocenters. The van der Waals surface area contributed by atoms with Crippen LogP contribution in [-0.4, -0.2) is 23.8 Å². The van der Waals surface area contributed by atoms with Gasteiger partial charge in [0, 0.05) is 27.5 Å². The fourth-order valence-electron chi connectivity index (χ4n) is 2.04. The van der Waals surface area contributed by atoms with Gasteiger partial charge in [0.2, 0.25) is 11.8 Å². The Morgan fingerprint density at radius 1 is 1.17 bits per heavy atom. The van der Waals surface area contributed by atoms with Crippen molar-refractivity contribution in [2.24, 2.45) is 11.8 Å². The molecule has 2 aliphatic rings. The molecule has 1 fully saturated rings. The Kier molecular flexibility index (Phi) is 13.7. The number of rotatable bonds is 2. The average Bonchev–Trinajstić information content (AvgIpc) is 2.56. The minimum atomic E-state index is -0.637. The standard InChI is InChI=1S/C14H17N2O3.2C2H6.W/c1-8-3-4-10(7-9(8)2)13(18)15-11-5-6-12(17)16-14(11)19;2*1-2;/h3,7-9,11H,5-6H2,1-2H3,(H,15,18)(H,16,17,19);2*1-2H3;/q-1;;;. The van der Waals surface area contributed by atoms with E-state index in [-0.39, 0.29) is 45.2 Å². The molecule has 2 rings (SSSR count). The number of piperidine rings is 1. The number of hydrogen-bond acceptors (Lipinski definition) is 3. The summed E-state index contributed by atoms with van der Waals surface area (Å²) >= 11 is 0. The van der Waals surface area contributed by atoms with Crippen LogP contribution in [0.3, 0.4) is 0 Å². The number of carbonyl (C=O) groups excluding carboxylic acids is 3. The summed E-state index contributed by atoms with van der Waals surface area (Å²) in [6, 6.07) is -0.637. The third kappa shape index (κ3) is 7.57. The molecule has 24 heavy (non-hydrogen) atoms. The smallest absolute Gasteiger partial charge is 0.248 e. The van der Waals surface area contributed by atoms with E-state index in [9.17, 15) is 14.4 Å². The first-order chi connectivity index (χ1) is 11.0. The summed E-state index contributed by atoms with van der Waals surface area (Å²) in [5, 5.41) is 4.85. The molecule has 1 saturated heterocycles. The van der Waals surface area contributed by atoms with Gasteiger partial charge in [-0.3, -0.25) is 14.9 Å². The molecule has 6 heteroatoms. The average molecular weight is 505 g/mol. The van der Waals surface area contributed by atoms with Crippen LogP contribution in [0.2, 0.25) is 0 Å². The topological polar surface area (TPSA) is 75.3 Å². The van der Waals surface area contributed by atoms with E-state index in [0.29, 0.717) is 17.9 Å². The second-order valence-electron chi connectivity index (χ2n) is 5.09. The molecule has 1 aliphatic carbocycles. The van der Waals surface area contributed by atoms with Gasteiger partial charge in [-0.2, -0.15) is 12.2 Å². The zero-order valence-corrected chi connectivity index (χ0v) is 18.4. The normalized spacial score (nSPS) is 24.8. The van der Waals surface area contributed by atoms with E-state index in [1.54, 1.807) is 0 Å². The van der Waals surface area contributed by atoms with Gasteiger partial charge in [-0.25, -0.2) is 0 Å². The zero-order valence-electron chi connectivity index (χ0n) is 15.4. The van der Waals surface area contributed by atoms with Crippen LogP contribution in [-0.2, 0) is 35.4 Å². The molecule has 136 valence electrons. The van der Waals surface area contributed by atoms with Gasteiger partial charge in [-0.1, -0.05) is 47.5 Å². The van der Waals surface area contributed by atoms with E-state index in [4.69, 9.17) is 0 Å². The molecule has 2 N–H and O–H groups in total. The van der Waals surface area contributed by atoms with Crippen LogP contribution in [0, 0.1) is 17.9 Å². The summed E-state index contributed by atoms with van der Waals surface area (Å²) in [6.07, 6.45) is 7.26. The summed E-state index contributed by atoms with van der Waals surface area (Å²) in [5.41, 5.74) is 0.454. The molecule has 1 aliphatic heterocycles. The molecule has 3 unspecified atom stereocenters. The fraction of sp³-hybridized carbons (Fsp3) is 0.611. The first-order valence-corrected chi connectivity index (χ1v) is 8.43. The van der Waals surface area contributed by atoms with Crippen molar-refractivity contribution in [2.45, 2.75) is 60.4 Å². The van der Waals surface area contributed by atoms with Gasteiger partial charge >= 0.3 is 0 Å². The Labute approximate surface area is 160 Å². The first-order valence-electron chi connectivity index (χ1n) is 8.43. The molecule has 0 spiro atoms. The fourth-order valence-corrected chi connectivity index (χ4v) is 2.04. The summed E-state index contributed by atoms with van der Waals surface area (Å²) < 4.78 is 0. The van der Waals surface area contributed by atoms with Crippen molar-refractivity contribution in [3.05, 3.63) is 23.8 Å². The Morgan fingerprint density at radius 3 is 2.25 bits per heavy atom. The Balaban J connectivity index is 0. The van der Waals surface area contributed by atoms with Crippen LogP contribution in [0.5, 0.6) is 0 Å². The molecule has 0 aromatic rings. The third-order valence-corrected chi connectivity index (χ3v) is 3.55. The second-order valence-corrected chi connectivity index (χ2v) is 5.09. The van der Waals surface area contributed by atoms with Gasteiger partial charge < -0.3 is 10.1 Å². The van der Waals surface area contributed by atoms with Crippen molar-refractivity contribution in [3.63, 3.8) is 0 Å². The van der Waals surface area contributed by atoms with Crippen LogP contribution in [0.1, 0.15) is 54.4 Å². The Morgan fingerprint density at radius 2 is 1.75 bits per heavy atom. The van der Waals surface area contributed by atoms with Gasteiger partial charge in [-0.15, -0.1) is 11.6 Å². The van der Waals surface area contributed by atoms with Crippen molar-refractivity contribution in [3.8, 4) is 0 Å². The SMILES string of the molecule is CC.CC.CC1C=[C-]C(C(=O)NC2CCC(=O)NC2=O)=CC1C.[W]. The van der Waals surface area contributed by atoms with Crippen molar-refractivity contribution >= 4 is 17.7 Å². The second kappa shape index (κ2) is 13.1. The molecule has 0 radical (unpaired) electrons. The largest absolute Gasteiger partial charge is 0.394 e. The molecule has 0 bridgehead atoms. The van der Waals surface area contributed by atoms with Crippen molar-refractivity contribution in [2.75, 3.05) is 0 Å². The van der Waals surface area contributed by atoms with Crippen molar-refractivity contribution in [1.82, 2.24) is 10.6 Å². The summed E-state index contributed by atoms with van der Waals surface area (Å²) in [7, 11) is 0. The predicted molar refractivity (Wildman–Crippen MR) is 91.2 cm³/mol. The monoisotopic (exact) mass is 505 g/mol. The molecular formula is C18H29N2O3W-. The number of nitrogens with one attached hydrogen (secondary N) is 2. The van der Waals surface area contributed by atoms with E-state index >= 15 is 0 Å².